The topological polar surface area (TPSA) is 90.7 Å². The van der Waals surface area contributed by atoms with Crippen molar-refractivity contribution < 1.29 is 20.1 Å². The normalized spacial score (nSPS) is 9.75. The van der Waals surface area contributed by atoms with Gasteiger partial charge in [-0.1, -0.05) is 0 Å². The number of aryl methyl sites for hydroxylation is 1. The molecule has 0 saturated heterocycles. The van der Waals surface area contributed by atoms with Gasteiger partial charge in [-0.05, 0) is 6.92 Å². The molecule has 1 aromatic heterocycles. The van der Waals surface area contributed by atoms with Crippen molar-refractivity contribution in [3.63, 3.8) is 0 Å². The van der Waals surface area contributed by atoms with Crippen molar-refractivity contribution in [3.05, 3.63) is 17.3 Å². The Kier molecular flexibility index (Phi) is 1.86. The molecule has 1 rings (SSSR count). The maximum atomic E-state index is 10.5. The molecule has 0 amide bonds. The number of carbonyl (C=O) groups is 1. The van der Waals surface area contributed by atoms with Gasteiger partial charge in [0.25, 0.3) is 0 Å². The van der Waals surface area contributed by atoms with Gasteiger partial charge in [0, 0.05) is 6.07 Å². The van der Waals surface area contributed by atoms with E-state index in [1.807, 2.05) is 0 Å². The van der Waals surface area contributed by atoms with Gasteiger partial charge in [0.2, 0.25) is 5.88 Å². The molecule has 0 unspecified atom stereocenters. The summed E-state index contributed by atoms with van der Waals surface area (Å²) in [5.41, 5.74) is -0.201. The van der Waals surface area contributed by atoms with Crippen LogP contribution in [-0.2, 0) is 0 Å². The number of carboxylic acids is 1. The summed E-state index contributed by atoms with van der Waals surface area (Å²) in [6.07, 6.45) is 0. The van der Waals surface area contributed by atoms with Crippen LogP contribution < -0.4 is 0 Å². The molecule has 12 heavy (non-hydrogen) atoms. The third kappa shape index (κ3) is 1.29. The number of rotatable bonds is 1. The highest BCUT2D eigenvalue weighted by Gasteiger charge is 2.14. The highest BCUT2D eigenvalue weighted by molar-refractivity contribution is 5.92. The SMILES string of the molecule is Cc1nc(O)cc(O)c1C(=O)O. The summed E-state index contributed by atoms with van der Waals surface area (Å²) in [7, 11) is 0. The van der Waals surface area contributed by atoms with Crippen molar-refractivity contribution in [2.45, 2.75) is 6.92 Å². The van der Waals surface area contributed by atoms with Gasteiger partial charge < -0.3 is 15.3 Å². The van der Waals surface area contributed by atoms with Crippen molar-refractivity contribution >= 4 is 5.97 Å². The minimum atomic E-state index is -1.27. The van der Waals surface area contributed by atoms with Crippen molar-refractivity contribution in [2.75, 3.05) is 0 Å². The summed E-state index contributed by atoms with van der Waals surface area (Å²) in [4.78, 5) is 13.9. The van der Waals surface area contributed by atoms with E-state index in [1.165, 1.54) is 6.92 Å². The molecule has 0 saturated carbocycles. The predicted molar refractivity (Wildman–Crippen MR) is 39.3 cm³/mol. The molecular weight excluding hydrogens is 162 g/mol. The molecule has 64 valence electrons. The van der Waals surface area contributed by atoms with Crippen LogP contribution in [0.3, 0.4) is 0 Å². The Hall–Kier alpha value is -1.78. The molecule has 0 spiro atoms. The van der Waals surface area contributed by atoms with E-state index in [9.17, 15) is 4.79 Å². The third-order valence-electron chi connectivity index (χ3n) is 1.38. The molecule has 0 bridgehead atoms. The summed E-state index contributed by atoms with van der Waals surface area (Å²) in [5.74, 6) is -2.14. The molecular formula is C7H7NO4. The molecule has 5 nitrogen and oxygen atoms in total. The standard InChI is InChI=1S/C7H7NO4/c1-3-6(7(11)12)4(9)2-5(10)8-3/h2H,1H3,(H,11,12)(H2,8,9,10). The number of pyridine rings is 1. The van der Waals surface area contributed by atoms with Crippen molar-refractivity contribution in [1.29, 1.82) is 0 Å². The second-order valence-electron chi connectivity index (χ2n) is 2.27. The first kappa shape index (κ1) is 8.32. The van der Waals surface area contributed by atoms with Gasteiger partial charge >= 0.3 is 5.97 Å². The molecule has 0 aromatic carbocycles. The molecule has 0 aliphatic heterocycles. The van der Waals surface area contributed by atoms with E-state index in [-0.39, 0.29) is 11.3 Å². The number of nitrogens with zero attached hydrogens (tertiary/aromatic N) is 1. The molecule has 0 aliphatic rings. The van der Waals surface area contributed by atoms with Gasteiger partial charge in [0.1, 0.15) is 11.3 Å². The number of carboxylic acid groups (broad SMARTS) is 1. The number of hydrogen-bond acceptors (Lipinski definition) is 4. The van der Waals surface area contributed by atoms with Crippen LogP contribution in [0.25, 0.3) is 0 Å². The first-order chi connectivity index (χ1) is 5.52. The van der Waals surface area contributed by atoms with Crippen molar-refractivity contribution in [2.24, 2.45) is 0 Å². The molecule has 5 heteroatoms. The Morgan fingerprint density at radius 1 is 1.50 bits per heavy atom. The van der Waals surface area contributed by atoms with Gasteiger partial charge in [-0.2, -0.15) is 0 Å². The van der Waals surface area contributed by atoms with E-state index in [1.54, 1.807) is 0 Å². The summed E-state index contributed by atoms with van der Waals surface area (Å²) in [6.45, 7) is 1.39. The minimum absolute atomic E-state index is 0.0833. The number of aromatic carboxylic acids is 1. The van der Waals surface area contributed by atoms with E-state index in [0.717, 1.165) is 6.07 Å². The fourth-order valence-electron chi connectivity index (χ4n) is 0.904. The van der Waals surface area contributed by atoms with Crippen LogP contribution in [-0.4, -0.2) is 26.3 Å². The zero-order valence-electron chi connectivity index (χ0n) is 6.27. The summed E-state index contributed by atoms with van der Waals surface area (Å²) >= 11 is 0. The van der Waals surface area contributed by atoms with Gasteiger partial charge in [0.05, 0.1) is 5.69 Å². The maximum Gasteiger partial charge on any atom is 0.341 e. The quantitative estimate of drug-likeness (QED) is 0.569. The fraction of sp³-hybridized carbons (Fsp3) is 0.143. The number of hydrogen-bond donors (Lipinski definition) is 3. The van der Waals surface area contributed by atoms with Crippen LogP contribution in [0.15, 0.2) is 6.07 Å². The number of aromatic hydroxyl groups is 2. The average Bonchev–Trinajstić information content (AvgIpc) is 1.82. The Morgan fingerprint density at radius 3 is 2.50 bits per heavy atom. The largest absolute Gasteiger partial charge is 0.507 e. The first-order valence-electron chi connectivity index (χ1n) is 3.15. The van der Waals surface area contributed by atoms with Crippen molar-refractivity contribution in [1.82, 2.24) is 4.98 Å². The summed E-state index contributed by atoms with van der Waals surface area (Å²) < 4.78 is 0. The van der Waals surface area contributed by atoms with Gasteiger partial charge in [-0.15, -0.1) is 0 Å². The summed E-state index contributed by atoms with van der Waals surface area (Å²) in [5, 5.41) is 26.5. The van der Waals surface area contributed by atoms with Crippen LogP contribution >= 0.6 is 0 Å². The Morgan fingerprint density at radius 2 is 2.08 bits per heavy atom. The third-order valence-corrected chi connectivity index (χ3v) is 1.38. The molecule has 0 atom stereocenters. The monoisotopic (exact) mass is 169 g/mol. The molecule has 3 N–H and O–H groups in total. The summed E-state index contributed by atoms with van der Waals surface area (Å²) in [6, 6.07) is 0.885. The molecule has 0 fully saturated rings. The molecule has 1 aromatic rings. The lowest BCUT2D eigenvalue weighted by Crippen LogP contribution is -2.01. The Labute approximate surface area is 67.9 Å². The van der Waals surface area contributed by atoms with E-state index < -0.39 is 17.6 Å². The Balaban J connectivity index is 3.38. The van der Waals surface area contributed by atoms with E-state index >= 15 is 0 Å². The highest BCUT2D eigenvalue weighted by atomic mass is 16.4. The molecule has 0 radical (unpaired) electrons. The maximum absolute atomic E-state index is 10.5. The van der Waals surface area contributed by atoms with Gasteiger partial charge in [-0.3, -0.25) is 0 Å². The van der Waals surface area contributed by atoms with Crippen LogP contribution in [0.1, 0.15) is 16.1 Å². The lowest BCUT2D eigenvalue weighted by atomic mass is 10.2. The van der Waals surface area contributed by atoms with Crippen LogP contribution in [0.5, 0.6) is 11.6 Å². The highest BCUT2D eigenvalue weighted by Crippen LogP contribution is 2.23. The van der Waals surface area contributed by atoms with Gasteiger partial charge in [0.15, 0.2) is 0 Å². The van der Waals surface area contributed by atoms with Crippen LogP contribution in [0, 0.1) is 6.92 Å². The molecule has 1 heterocycles. The zero-order chi connectivity index (χ0) is 9.30. The Bertz CT molecular complexity index is 311. The predicted octanol–water partition coefficient (Wildman–Crippen LogP) is 0.499. The lowest BCUT2D eigenvalue weighted by molar-refractivity contribution is 0.0692. The van der Waals surface area contributed by atoms with Crippen LogP contribution in [0.2, 0.25) is 0 Å². The fourth-order valence-corrected chi connectivity index (χ4v) is 0.904. The zero-order valence-corrected chi connectivity index (χ0v) is 6.27. The lowest BCUT2D eigenvalue weighted by Gasteiger charge is -2.02. The molecule has 0 aliphatic carbocycles. The number of aromatic nitrogens is 1. The first-order valence-corrected chi connectivity index (χ1v) is 3.15. The minimum Gasteiger partial charge on any atom is -0.507 e. The van der Waals surface area contributed by atoms with E-state index in [2.05, 4.69) is 4.98 Å². The smallest absolute Gasteiger partial charge is 0.341 e. The van der Waals surface area contributed by atoms with Gasteiger partial charge in [-0.25, -0.2) is 9.78 Å². The second-order valence-corrected chi connectivity index (χ2v) is 2.27. The second kappa shape index (κ2) is 2.69. The van der Waals surface area contributed by atoms with E-state index in [0.29, 0.717) is 0 Å². The van der Waals surface area contributed by atoms with E-state index in [4.69, 9.17) is 15.3 Å². The van der Waals surface area contributed by atoms with Crippen molar-refractivity contribution in [3.8, 4) is 11.6 Å². The van der Waals surface area contributed by atoms with Crippen LogP contribution in [0.4, 0.5) is 0 Å². The average molecular weight is 169 g/mol.